The van der Waals surface area contributed by atoms with Crippen LogP contribution in [0.3, 0.4) is 0 Å². The Hall–Kier alpha value is -2.49. The summed E-state index contributed by atoms with van der Waals surface area (Å²) in [6, 6.07) is 7.04. The molecule has 2 N–H and O–H groups in total. The molecule has 26 heavy (non-hydrogen) atoms. The maximum absolute atomic E-state index is 13.7. The monoisotopic (exact) mass is 383 g/mol. The van der Waals surface area contributed by atoms with Crippen LogP contribution >= 0.6 is 0 Å². The lowest BCUT2D eigenvalue weighted by molar-refractivity contribution is 0.0613. The first-order chi connectivity index (χ1) is 12.3. The predicted octanol–water partition coefficient (Wildman–Crippen LogP) is 2.51. The van der Waals surface area contributed by atoms with Crippen LogP contribution in [0.5, 0.6) is 0 Å². The molecular formula is C17H15F2NO5S. The van der Waals surface area contributed by atoms with Crippen molar-refractivity contribution in [3.63, 3.8) is 0 Å². The number of hydrogen-bond donors (Lipinski definition) is 2. The number of halogens is 2. The molecule has 9 heteroatoms. The van der Waals surface area contributed by atoms with E-state index >= 15 is 0 Å². The maximum Gasteiger partial charge on any atom is 0.216 e. The molecule has 3 rings (SSSR count). The third-order valence-electron chi connectivity index (χ3n) is 3.83. The van der Waals surface area contributed by atoms with E-state index in [9.17, 15) is 22.3 Å². The zero-order valence-corrected chi connectivity index (χ0v) is 14.2. The number of furan rings is 2. The van der Waals surface area contributed by atoms with Crippen molar-refractivity contribution in [3.8, 4) is 0 Å². The molecule has 1 unspecified atom stereocenters. The Labute approximate surface area is 148 Å². The van der Waals surface area contributed by atoms with Crippen LogP contribution in [0.4, 0.5) is 8.78 Å². The van der Waals surface area contributed by atoms with Gasteiger partial charge in [-0.3, -0.25) is 0 Å². The minimum atomic E-state index is -4.08. The minimum absolute atomic E-state index is 0.0959. The van der Waals surface area contributed by atoms with E-state index in [1.807, 2.05) is 0 Å². The van der Waals surface area contributed by atoms with Gasteiger partial charge in [0.05, 0.1) is 31.1 Å². The van der Waals surface area contributed by atoms with E-state index in [1.165, 1.54) is 37.0 Å². The predicted molar refractivity (Wildman–Crippen MR) is 87.4 cm³/mol. The zero-order valence-electron chi connectivity index (χ0n) is 13.4. The largest absolute Gasteiger partial charge is 0.472 e. The summed E-state index contributed by atoms with van der Waals surface area (Å²) in [6.07, 6.45) is 3.90. The molecule has 0 saturated heterocycles. The third-order valence-corrected chi connectivity index (χ3v) is 5.10. The van der Waals surface area contributed by atoms with Crippen molar-refractivity contribution in [1.29, 1.82) is 0 Å². The van der Waals surface area contributed by atoms with Crippen molar-refractivity contribution >= 4 is 10.0 Å². The minimum Gasteiger partial charge on any atom is -0.472 e. The second-order valence-corrected chi connectivity index (χ2v) is 7.47. The van der Waals surface area contributed by atoms with E-state index in [1.54, 1.807) is 0 Å². The molecule has 0 saturated carbocycles. The highest BCUT2D eigenvalue weighted by molar-refractivity contribution is 7.88. The summed E-state index contributed by atoms with van der Waals surface area (Å²) in [6.45, 7) is -0.487. The van der Waals surface area contributed by atoms with Gasteiger partial charge < -0.3 is 13.9 Å². The smallest absolute Gasteiger partial charge is 0.216 e. The molecule has 2 heterocycles. The molecular weight excluding hydrogens is 368 g/mol. The van der Waals surface area contributed by atoms with Gasteiger partial charge in [0, 0.05) is 11.1 Å². The second-order valence-electron chi connectivity index (χ2n) is 5.67. The lowest BCUT2D eigenvalue weighted by Gasteiger charge is -2.25. The molecule has 0 spiro atoms. The fourth-order valence-corrected chi connectivity index (χ4v) is 3.63. The van der Waals surface area contributed by atoms with E-state index in [0.717, 1.165) is 18.2 Å². The molecule has 1 aromatic carbocycles. The van der Waals surface area contributed by atoms with Gasteiger partial charge in [-0.15, -0.1) is 0 Å². The van der Waals surface area contributed by atoms with Crippen molar-refractivity contribution in [2.75, 3.05) is 6.54 Å². The van der Waals surface area contributed by atoms with Crippen LogP contribution in [0.15, 0.2) is 64.0 Å². The van der Waals surface area contributed by atoms with Crippen LogP contribution in [-0.4, -0.2) is 20.1 Å². The summed E-state index contributed by atoms with van der Waals surface area (Å²) in [7, 11) is -4.08. The number of benzene rings is 1. The van der Waals surface area contributed by atoms with Gasteiger partial charge in [-0.25, -0.2) is 21.9 Å². The average molecular weight is 383 g/mol. The normalized spacial score (nSPS) is 14.3. The molecule has 0 aliphatic carbocycles. The lowest BCUT2D eigenvalue weighted by atomic mass is 9.94. The van der Waals surface area contributed by atoms with Crippen LogP contribution in [0.2, 0.25) is 0 Å². The molecule has 0 aliphatic rings. The Morgan fingerprint density at radius 3 is 2.62 bits per heavy atom. The molecule has 2 aromatic heterocycles. The molecule has 6 nitrogen and oxygen atoms in total. The number of nitrogens with one attached hydrogen (secondary N) is 1. The molecule has 0 radical (unpaired) electrons. The standard InChI is InChI=1S/C17H15F2NO5S/c18-14-3-4-15(19)12(8-14)10-26(22,23)20-11-17(21,13-5-7-24-9-13)16-2-1-6-25-16/h1-9,20-21H,10-11H2. The topological polar surface area (TPSA) is 92.7 Å². The fraction of sp³-hybridized carbons (Fsp3) is 0.176. The molecule has 138 valence electrons. The third kappa shape index (κ3) is 3.85. The average Bonchev–Trinajstić information content (AvgIpc) is 3.29. The van der Waals surface area contributed by atoms with E-state index in [0.29, 0.717) is 0 Å². The Kier molecular flexibility index (Phi) is 4.94. The molecule has 0 fully saturated rings. The van der Waals surface area contributed by atoms with Gasteiger partial charge in [0.1, 0.15) is 17.4 Å². The summed E-state index contributed by atoms with van der Waals surface area (Å²) in [5, 5.41) is 10.9. The van der Waals surface area contributed by atoms with Crippen molar-refractivity contribution in [3.05, 3.63) is 83.7 Å². The Morgan fingerprint density at radius 2 is 1.96 bits per heavy atom. The maximum atomic E-state index is 13.7. The summed E-state index contributed by atoms with van der Waals surface area (Å²) in [4.78, 5) is 0. The number of aliphatic hydroxyl groups is 1. The van der Waals surface area contributed by atoms with E-state index < -0.39 is 39.6 Å². The summed E-state index contributed by atoms with van der Waals surface area (Å²) < 4.78 is 63.8. The molecule has 0 aliphatic heterocycles. The van der Waals surface area contributed by atoms with Crippen molar-refractivity contribution in [1.82, 2.24) is 4.72 Å². The zero-order chi connectivity index (χ0) is 18.8. The summed E-state index contributed by atoms with van der Waals surface area (Å²) in [5.41, 5.74) is -1.88. The highest BCUT2D eigenvalue weighted by Crippen LogP contribution is 2.30. The Balaban J connectivity index is 1.82. The van der Waals surface area contributed by atoms with Crippen molar-refractivity contribution in [2.24, 2.45) is 0 Å². The van der Waals surface area contributed by atoms with Gasteiger partial charge in [0.25, 0.3) is 0 Å². The van der Waals surface area contributed by atoms with Crippen LogP contribution in [-0.2, 0) is 21.4 Å². The highest BCUT2D eigenvalue weighted by atomic mass is 32.2. The van der Waals surface area contributed by atoms with Gasteiger partial charge >= 0.3 is 0 Å². The second kappa shape index (κ2) is 7.02. The van der Waals surface area contributed by atoms with Gasteiger partial charge in [-0.1, -0.05) is 0 Å². The van der Waals surface area contributed by atoms with Gasteiger partial charge in [0.2, 0.25) is 10.0 Å². The number of sulfonamides is 1. The van der Waals surface area contributed by atoms with Crippen LogP contribution in [0, 0.1) is 11.6 Å². The van der Waals surface area contributed by atoms with Crippen molar-refractivity contribution in [2.45, 2.75) is 11.4 Å². The van der Waals surface area contributed by atoms with Crippen LogP contribution in [0.1, 0.15) is 16.9 Å². The molecule has 3 aromatic rings. The molecule has 1 atom stereocenters. The van der Waals surface area contributed by atoms with E-state index in [2.05, 4.69) is 4.72 Å². The lowest BCUT2D eigenvalue weighted by Crippen LogP contribution is -2.41. The van der Waals surface area contributed by atoms with E-state index in [4.69, 9.17) is 8.83 Å². The quantitative estimate of drug-likeness (QED) is 0.654. The first-order valence-corrected chi connectivity index (χ1v) is 9.16. The Bertz CT molecular complexity index is 935. The highest BCUT2D eigenvalue weighted by Gasteiger charge is 2.37. The first kappa shape index (κ1) is 18.3. The van der Waals surface area contributed by atoms with Crippen LogP contribution in [0.25, 0.3) is 0 Å². The van der Waals surface area contributed by atoms with Gasteiger partial charge in [-0.05, 0) is 36.4 Å². The first-order valence-electron chi connectivity index (χ1n) is 7.50. The van der Waals surface area contributed by atoms with Crippen LogP contribution < -0.4 is 4.72 Å². The SMILES string of the molecule is O=S(=O)(Cc1cc(F)ccc1F)NCC(O)(c1ccoc1)c1ccco1. The fourth-order valence-electron chi connectivity index (χ4n) is 2.47. The Morgan fingerprint density at radius 1 is 1.15 bits per heavy atom. The molecule has 0 amide bonds. The van der Waals surface area contributed by atoms with E-state index in [-0.39, 0.29) is 16.9 Å². The molecule has 0 bridgehead atoms. The van der Waals surface area contributed by atoms with Crippen molar-refractivity contribution < 1.29 is 31.1 Å². The number of hydrogen-bond acceptors (Lipinski definition) is 5. The van der Waals surface area contributed by atoms with Gasteiger partial charge in [-0.2, -0.15) is 0 Å². The number of rotatable bonds is 7. The summed E-state index contributed by atoms with van der Waals surface area (Å²) >= 11 is 0. The van der Waals surface area contributed by atoms with Gasteiger partial charge in [0.15, 0.2) is 5.60 Å². The summed E-state index contributed by atoms with van der Waals surface area (Å²) in [5.74, 6) is -2.27.